The number of allylic oxidation sites excluding steroid dienone is 1. The topological polar surface area (TPSA) is 66.8 Å². The number of hydrogen-bond acceptors (Lipinski definition) is 3. The van der Waals surface area contributed by atoms with Crippen LogP contribution in [0.25, 0.3) is 11.8 Å². The van der Waals surface area contributed by atoms with E-state index in [-0.39, 0.29) is 10.8 Å². The summed E-state index contributed by atoms with van der Waals surface area (Å²) in [5.41, 5.74) is 2.45. The Morgan fingerprint density at radius 2 is 1.77 bits per heavy atom. The number of rotatable bonds is 4. The van der Waals surface area contributed by atoms with Crippen molar-refractivity contribution in [3.05, 3.63) is 39.9 Å². The van der Waals surface area contributed by atoms with E-state index in [1.54, 1.807) is 13.2 Å². The molecule has 1 aromatic rings. The van der Waals surface area contributed by atoms with Crippen molar-refractivity contribution in [1.82, 2.24) is 0 Å². The van der Waals surface area contributed by atoms with E-state index in [1.165, 1.54) is 43.8 Å². The Morgan fingerprint density at radius 1 is 1.15 bits per heavy atom. The average molecular weight is 375 g/mol. The van der Waals surface area contributed by atoms with Crippen molar-refractivity contribution < 1.29 is 19.7 Å². The van der Waals surface area contributed by atoms with E-state index in [9.17, 15) is 9.90 Å². The first kappa shape index (κ1) is 17.5. The second kappa shape index (κ2) is 6.66. The van der Waals surface area contributed by atoms with Gasteiger partial charge in [0.15, 0.2) is 0 Å². The molecule has 0 unspecified atom stereocenters. The summed E-state index contributed by atoms with van der Waals surface area (Å²) in [6.07, 6.45) is 8.65. The summed E-state index contributed by atoms with van der Waals surface area (Å²) in [5, 5.41) is 19.4. The SMILES string of the molecule is COC(=C1C2CC3CC(C2)CC1C3)c1ccc(/C=C/C(=O)O)c(O)c1Cl. The quantitative estimate of drug-likeness (QED) is 0.577. The summed E-state index contributed by atoms with van der Waals surface area (Å²) in [5.74, 6) is 2.45. The fourth-order valence-corrected chi connectivity index (χ4v) is 5.75. The summed E-state index contributed by atoms with van der Waals surface area (Å²) in [7, 11) is 1.67. The van der Waals surface area contributed by atoms with Crippen LogP contribution in [0.2, 0.25) is 5.02 Å². The third-order valence-corrected chi connectivity index (χ3v) is 6.66. The van der Waals surface area contributed by atoms with Crippen LogP contribution in [0.4, 0.5) is 0 Å². The smallest absolute Gasteiger partial charge is 0.328 e. The van der Waals surface area contributed by atoms with Crippen molar-refractivity contribution >= 4 is 29.4 Å². The van der Waals surface area contributed by atoms with Crippen LogP contribution < -0.4 is 0 Å². The molecule has 5 heteroatoms. The van der Waals surface area contributed by atoms with Crippen LogP contribution in [-0.2, 0) is 9.53 Å². The van der Waals surface area contributed by atoms with Gasteiger partial charge in [-0.2, -0.15) is 0 Å². The summed E-state index contributed by atoms with van der Waals surface area (Å²) < 4.78 is 5.81. The maximum atomic E-state index is 10.7. The summed E-state index contributed by atoms with van der Waals surface area (Å²) in [6, 6.07) is 3.51. The number of phenolic OH excluding ortho intramolecular Hbond substituents is 1. The number of aliphatic carboxylic acids is 1. The highest BCUT2D eigenvalue weighted by Gasteiger charge is 2.46. The molecule has 0 amide bonds. The minimum absolute atomic E-state index is 0.111. The fraction of sp³-hybridized carbons (Fsp3) is 0.476. The maximum Gasteiger partial charge on any atom is 0.328 e. The highest BCUT2D eigenvalue weighted by atomic mass is 35.5. The molecule has 4 saturated carbocycles. The molecule has 4 fully saturated rings. The number of ether oxygens (including phenoxy) is 1. The Hall–Kier alpha value is -1.94. The van der Waals surface area contributed by atoms with Gasteiger partial charge >= 0.3 is 5.97 Å². The molecule has 0 heterocycles. The van der Waals surface area contributed by atoms with Crippen molar-refractivity contribution in [2.45, 2.75) is 32.1 Å². The van der Waals surface area contributed by atoms with Gasteiger partial charge in [0, 0.05) is 17.2 Å². The molecule has 2 N–H and O–H groups in total. The number of carboxylic acids is 1. The minimum atomic E-state index is -1.07. The number of carbonyl (C=O) groups is 1. The summed E-state index contributed by atoms with van der Waals surface area (Å²) >= 11 is 6.46. The van der Waals surface area contributed by atoms with E-state index in [0.29, 0.717) is 23.0 Å². The van der Waals surface area contributed by atoms with E-state index in [1.807, 2.05) is 6.07 Å². The lowest BCUT2D eigenvalue weighted by molar-refractivity contribution is -0.131. The number of carboxylic acid groups (broad SMARTS) is 1. The van der Waals surface area contributed by atoms with Crippen molar-refractivity contribution in [3.8, 4) is 5.75 Å². The van der Waals surface area contributed by atoms with Gasteiger partial charge in [0.1, 0.15) is 11.5 Å². The molecule has 0 radical (unpaired) electrons. The van der Waals surface area contributed by atoms with Gasteiger partial charge in [-0.15, -0.1) is 0 Å². The lowest BCUT2D eigenvalue weighted by Crippen LogP contribution is -2.40. The normalized spacial score (nSPS) is 29.4. The molecule has 4 bridgehead atoms. The Kier molecular flexibility index (Phi) is 4.47. The first-order valence-corrected chi connectivity index (χ1v) is 9.56. The number of halogens is 1. The first-order chi connectivity index (χ1) is 12.5. The molecule has 0 aliphatic heterocycles. The van der Waals surface area contributed by atoms with Crippen LogP contribution in [-0.4, -0.2) is 23.3 Å². The number of methoxy groups -OCH3 is 1. The van der Waals surface area contributed by atoms with Crippen LogP contribution in [0, 0.1) is 23.7 Å². The van der Waals surface area contributed by atoms with Crippen molar-refractivity contribution in [2.75, 3.05) is 7.11 Å². The zero-order chi connectivity index (χ0) is 18.4. The van der Waals surface area contributed by atoms with Gasteiger partial charge in [-0.25, -0.2) is 4.79 Å². The van der Waals surface area contributed by atoms with Gasteiger partial charge in [0.05, 0.1) is 12.1 Å². The molecule has 0 atom stereocenters. The van der Waals surface area contributed by atoms with E-state index in [0.717, 1.165) is 23.7 Å². The lowest BCUT2D eigenvalue weighted by atomic mass is 9.54. The van der Waals surface area contributed by atoms with E-state index >= 15 is 0 Å². The fourth-order valence-electron chi connectivity index (χ4n) is 5.50. The Balaban J connectivity index is 1.76. The van der Waals surface area contributed by atoms with Crippen molar-refractivity contribution in [2.24, 2.45) is 23.7 Å². The standard InChI is InChI=1S/C21H23ClO4/c1-26-21(18-14-7-11-6-12(9-14)10-15(18)8-11)16-4-2-13(3-5-17(23)24)20(25)19(16)22/h2-5,11-12,14-15,25H,6-10H2,1H3,(H,23,24)/b5-3+,21-18?. The average Bonchev–Trinajstić information content (AvgIpc) is 2.59. The van der Waals surface area contributed by atoms with Crippen LogP contribution in [0.3, 0.4) is 0 Å². The lowest BCUT2D eigenvalue weighted by Gasteiger charge is -2.51. The first-order valence-electron chi connectivity index (χ1n) is 9.18. The maximum absolute atomic E-state index is 10.7. The monoisotopic (exact) mass is 374 g/mol. The molecule has 138 valence electrons. The molecule has 4 nitrogen and oxygen atoms in total. The van der Waals surface area contributed by atoms with Crippen molar-refractivity contribution in [1.29, 1.82) is 0 Å². The zero-order valence-electron chi connectivity index (χ0n) is 14.7. The molecule has 4 aliphatic rings. The van der Waals surface area contributed by atoms with Gasteiger partial charge < -0.3 is 14.9 Å². The highest BCUT2D eigenvalue weighted by molar-refractivity contribution is 6.34. The van der Waals surface area contributed by atoms with Gasteiger partial charge in [-0.3, -0.25) is 0 Å². The molecular weight excluding hydrogens is 352 g/mol. The number of phenols is 1. The number of benzene rings is 1. The predicted molar refractivity (Wildman–Crippen MR) is 101 cm³/mol. The van der Waals surface area contributed by atoms with Crippen LogP contribution >= 0.6 is 11.6 Å². The van der Waals surface area contributed by atoms with Crippen molar-refractivity contribution in [3.63, 3.8) is 0 Å². The molecule has 26 heavy (non-hydrogen) atoms. The van der Waals surface area contributed by atoms with E-state index in [4.69, 9.17) is 21.4 Å². The molecule has 0 aromatic heterocycles. The van der Waals surface area contributed by atoms with Crippen LogP contribution in [0.15, 0.2) is 23.8 Å². The largest absolute Gasteiger partial charge is 0.506 e. The van der Waals surface area contributed by atoms with E-state index < -0.39 is 5.97 Å². The number of hydrogen-bond donors (Lipinski definition) is 2. The second-order valence-corrected chi connectivity index (χ2v) is 8.21. The van der Waals surface area contributed by atoms with Gasteiger partial charge in [0.2, 0.25) is 0 Å². The number of aromatic hydroxyl groups is 1. The minimum Gasteiger partial charge on any atom is -0.506 e. The molecule has 1 aromatic carbocycles. The van der Waals surface area contributed by atoms with Crippen LogP contribution in [0.1, 0.15) is 43.2 Å². The molecule has 0 spiro atoms. The molecule has 5 rings (SSSR count). The second-order valence-electron chi connectivity index (χ2n) is 7.83. The molecular formula is C21H23ClO4. The van der Waals surface area contributed by atoms with Gasteiger partial charge in [-0.1, -0.05) is 17.7 Å². The van der Waals surface area contributed by atoms with E-state index in [2.05, 4.69) is 0 Å². The Morgan fingerprint density at radius 3 is 2.31 bits per heavy atom. The highest BCUT2D eigenvalue weighted by Crippen LogP contribution is 2.58. The van der Waals surface area contributed by atoms with Gasteiger partial charge in [0.25, 0.3) is 0 Å². The summed E-state index contributed by atoms with van der Waals surface area (Å²) in [4.78, 5) is 10.7. The van der Waals surface area contributed by atoms with Gasteiger partial charge in [-0.05, 0) is 73.5 Å². The molecule has 4 aliphatic carbocycles. The third-order valence-electron chi connectivity index (χ3n) is 6.28. The predicted octanol–water partition coefficient (Wildman–Crippen LogP) is 4.96. The Labute approximate surface area is 158 Å². The zero-order valence-corrected chi connectivity index (χ0v) is 15.5. The summed E-state index contributed by atoms with van der Waals surface area (Å²) in [6.45, 7) is 0. The van der Waals surface area contributed by atoms with Crippen LogP contribution in [0.5, 0.6) is 5.75 Å². The molecule has 0 saturated heterocycles. The third kappa shape index (κ3) is 2.90. The Bertz CT molecular complexity index is 778.